The highest BCUT2D eigenvalue weighted by Gasteiger charge is 2.22. The van der Waals surface area contributed by atoms with Crippen molar-refractivity contribution in [3.05, 3.63) is 54.1 Å². The van der Waals surface area contributed by atoms with Gasteiger partial charge in [0.15, 0.2) is 0 Å². The van der Waals surface area contributed by atoms with Crippen LogP contribution >= 0.6 is 0 Å². The van der Waals surface area contributed by atoms with Gasteiger partial charge in [-0.05, 0) is 62.4 Å². The number of piperazine rings is 1. The number of benzene rings is 2. The number of primary amides is 1. The fourth-order valence-corrected chi connectivity index (χ4v) is 5.15. The number of aromatic amines is 1. The minimum absolute atomic E-state index is 0.413. The minimum atomic E-state index is -0.413. The van der Waals surface area contributed by atoms with Gasteiger partial charge in [0.1, 0.15) is 11.6 Å². The van der Waals surface area contributed by atoms with Crippen LogP contribution in [0.1, 0.15) is 31.2 Å². The molecule has 3 aromatic rings. The second kappa shape index (κ2) is 10.4. The molecule has 0 radical (unpaired) electrons. The standard InChI is InChI=1S/C27H35N5O2/c28-27(33)32(25-20-22-9-1-2-11-23(22)29-25)14-5-4-13-30-15-17-31(18-16-30)24-12-7-10-21-8-3-6-19-34-26(21)24/h1-2,7,9-12,20,29H,3-6,8,13-19H2,(H2,28,33). The minimum Gasteiger partial charge on any atom is -0.491 e. The van der Waals surface area contributed by atoms with E-state index in [1.165, 1.54) is 17.7 Å². The monoisotopic (exact) mass is 461 g/mol. The SMILES string of the molecule is NC(=O)N(CCCCN1CCN(c2cccc3c2OCCCC3)CC1)c1cc2ccccc2[nH]1. The van der Waals surface area contributed by atoms with Crippen molar-refractivity contribution in [1.29, 1.82) is 0 Å². The van der Waals surface area contributed by atoms with Gasteiger partial charge in [-0.25, -0.2) is 4.79 Å². The van der Waals surface area contributed by atoms with Crippen molar-refractivity contribution >= 4 is 28.4 Å². The molecule has 1 aromatic heterocycles. The molecule has 0 atom stereocenters. The maximum Gasteiger partial charge on any atom is 0.320 e. The molecular formula is C27H35N5O2. The lowest BCUT2D eigenvalue weighted by Gasteiger charge is -2.37. The summed E-state index contributed by atoms with van der Waals surface area (Å²) in [6, 6.07) is 16.2. The number of carbonyl (C=O) groups excluding carboxylic acids is 1. The van der Waals surface area contributed by atoms with Crippen LogP contribution in [0.5, 0.6) is 5.75 Å². The average Bonchev–Trinajstić information content (AvgIpc) is 3.13. The largest absolute Gasteiger partial charge is 0.491 e. The number of nitrogens with two attached hydrogens (primary N) is 1. The number of fused-ring (bicyclic) bond motifs is 2. The summed E-state index contributed by atoms with van der Waals surface area (Å²) in [6.07, 6.45) is 5.41. The van der Waals surface area contributed by atoms with Gasteiger partial charge >= 0.3 is 6.03 Å². The van der Waals surface area contributed by atoms with Gasteiger partial charge in [-0.3, -0.25) is 9.80 Å². The first-order valence-electron chi connectivity index (χ1n) is 12.6. The third-order valence-corrected chi connectivity index (χ3v) is 7.05. The zero-order valence-electron chi connectivity index (χ0n) is 19.8. The normalized spacial score (nSPS) is 16.6. The highest BCUT2D eigenvalue weighted by atomic mass is 16.5. The Labute approximate surface area is 201 Å². The van der Waals surface area contributed by atoms with Gasteiger partial charge in [0.25, 0.3) is 0 Å². The second-order valence-corrected chi connectivity index (χ2v) is 9.34. The fourth-order valence-electron chi connectivity index (χ4n) is 5.15. The van der Waals surface area contributed by atoms with E-state index in [4.69, 9.17) is 10.5 Å². The number of urea groups is 1. The van der Waals surface area contributed by atoms with Crippen LogP contribution in [0.15, 0.2) is 48.5 Å². The Bertz CT molecular complexity index is 1090. The van der Waals surface area contributed by atoms with Crippen molar-refractivity contribution in [2.24, 2.45) is 5.73 Å². The number of anilines is 2. The topological polar surface area (TPSA) is 77.8 Å². The van der Waals surface area contributed by atoms with Crippen LogP contribution in [-0.4, -0.2) is 61.8 Å². The van der Waals surface area contributed by atoms with E-state index < -0.39 is 6.03 Å². The summed E-state index contributed by atoms with van der Waals surface area (Å²) in [5, 5.41) is 1.09. The number of unbranched alkanes of at least 4 members (excludes halogenated alkanes) is 1. The lowest BCUT2D eigenvalue weighted by molar-refractivity contribution is 0.248. The molecule has 0 spiro atoms. The van der Waals surface area contributed by atoms with E-state index in [9.17, 15) is 4.79 Å². The van der Waals surface area contributed by atoms with Crippen LogP contribution in [0.2, 0.25) is 0 Å². The van der Waals surface area contributed by atoms with E-state index >= 15 is 0 Å². The predicted molar refractivity (Wildman–Crippen MR) is 138 cm³/mol. The number of aryl methyl sites for hydroxylation is 1. The first kappa shape index (κ1) is 22.6. The smallest absolute Gasteiger partial charge is 0.320 e. The van der Waals surface area contributed by atoms with E-state index in [1.54, 1.807) is 4.90 Å². The molecule has 2 aliphatic rings. The van der Waals surface area contributed by atoms with E-state index in [0.29, 0.717) is 6.54 Å². The van der Waals surface area contributed by atoms with Gasteiger partial charge in [-0.2, -0.15) is 0 Å². The van der Waals surface area contributed by atoms with Gasteiger partial charge in [0.2, 0.25) is 0 Å². The summed E-state index contributed by atoms with van der Waals surface area (Å²) in [5.41, 5.74) is 9.31. The summed E-state index contributed by atoms with van der Waals surface area (Å²) in [4.78, 5) is 22.0. The molecule has 2 aliphatic heterocycles. The Morgan fingerprint density at radius 3 is 2.71 bits per heavy atom. The first-order chi connectivity index (χ1) is 16.7. The number of para-hydroxylation sites is 2. The molecule has 2 aromatic carbocycles. The lowest BCUT2D eigenvalue weighted by Crippen LogP contribution is -2.47. The van der Waals surface area contributed by atoms with Gasteiger partial charge in [-0.1, -0.05) is 30.3 Å². The number of rotatable bonds is 7. The molecule has 7 nitrogen and oxygen atoms in total. The number of nitrogens with zero attached hydrogens (tertiary/aromatic N) is 3. The van der Waals surface area contributed by atoms with Gasteiger partial charge in [-0.15, -0.1) is 0 Å². The summed E-state index contributed by atoms with van der Waals surface area (Å²) in [7, 11) is 0. The molecule has 2 amide bonds. The molecule has 3 N–H and O–H groups in total. The van der Waals surface area contributed by atoms with E-state index in [0.717, 1.165) is 87.5 Å². The molecule has 34 heavy (non-hydrogen) atoms. The molecule has 1 saturated heterocycles. The van der Waals surface area contributed by atoms with Crippen molar-refractivity contribution in [1.82, 2.24) is 9.88 Å². The summed E-state index contributed by atoms with van der Waals surface area (Å²) in [5.74, 6) is 1.88. The van der Waals surface area contributed by atoms with Crippen LogP contribution in [0.3, 0.4) is 0 Å². The van der Waals surface area contributed by atoms with Crippen LogP contribution in [0, 0.1) is 0 Å². The second-order valence-electron chi connectivity index (χ2n) is 9.34. The van der Waals surface area contributed by atoms with Gasteiger partial charge in [0.05, 0.1) is 12.3 Å². The molecule has 1 fully saturated rings. The van der Waals surface area contributed by atoms with Crippen molar-refractivity contribution in [3.8, 4) is 5.75 Å². The maximum absolute atomic E-state index is 12.1. The Hall–Kier alpha value is -3.19. The maximum atomic E-state index is 12.1. The Balaban J connectivity index is 1.10. The quantitative estimate of drug-likeness (QED) is 0.512. The van der Waals surface area contributed by atoms with Crippen LogP contribution in [0.4, 0.5) is 16.3 Å². The third kappa shape index (κ3) is 4.99. The van der Waals surface area contributed by atoms with E-state index in [2.05, 4.69) is 33.0 Å². The Morgan fingerprint density at radius 1 is 1.03 bits per heavy atom. The average molecular weight is 462 g/mol. The highest BCUT2D eigenvalue weighted by molar-refractivity contribution is 5.94. The van der Waals surface area contributed by atoms with Gasteiger partial charge in [0, 0.05) is 43.6 Å². The van der Waals surface area contributed by atoms with E-state index in [-0.39, 0.29) is 0 Å². The summed E-state index contributed by atoms with van der Waals surface area (Å²) >= 11 is 0. The molecular weight excluding hydrogens is 426 g/mol. The number of hydrogen-bond acceptors (Lipinski definition) is 4. The van der Waals surface area contributed by atoms with Crippen molar-refractivity contribution in [2.45, 2.75) is 32.1 Å². The van der Waals surface area contributed by atoms with Crippen molar-refractivity contribution < 1.29 is 9.53 Å². The van der Waals surface area contributed by atoms with Crippen molar-refractivity contribution in [3.63, 3.8) is 0 Å². The van der Waals surface area contributed by atoms with Crippen LogP contribution < -0.4 is 20.3 Å². The molecule has 0 unspecified atom stereocenters. The molecule has 180 valence electrons. The number of hydrogen-bond donors (Lipinski definition) is 2. The molecule has 5 rings (SSSR count). The number of ether oxygens (including phenoxy) is 1. The third-order valence-electron chi connectivity index (χ3n) is 7.05. The number of H-pyrrole nitrogens is 1. The zero-order valence-corrected chi connectivity index (χ0v) is 19.8. The first-order valence-corrected chi connectivity index (χ1v) is 12.6. The Morgan fingerprint density at radius 2 is 1.88 bits per heavy atom. The van der Waals surface area contributed by atoms with E-state index in [1.807, 2.05) is 30.3 Å². The number of carbonyl (C=O) groups is 1. The highest BCUT2D eigenvalue weighted by Crippen LogP contribution is 2.35. The lowest BCUT2D eigenvalue weighted by atomic mass is 10.1. The molecule has 7 heteroatoms. The zero-order chi connectivity index (χ0) is 23.3. The van der Waals surface area contributed by atoms with Crippen LogP contribution in [-0.2, 0) is 6.42 Å². The Kier molecular flexibility index (Phi) is 6.90. The van der Waals surface area contributed by atoms with Crippen LogP contribution in [0.25, 0.3) is 10.9 Å². The fraction of sp³-hybridized carbons (Fsp3) is 0.444. The number of amides is 2. The molecule has 3 heterocycles. The molecule has 0 aliphatic carbocycles. The van der Waals surface area contributed by atoms with Crippen molar-refractivity contribution in [2.75, 3.05) is 55.7 Å². The molecule has 0 saturated carbocycles. The predicted octanol–water partition coefficient (Wildman–Crippen LogP) is 4.37. The molecule has 0 bridgehead atoms. The summed E-state index contributed by atoms with van der Waals surface area (Å²) in [6.45, 7) is 6.61. The number of nitrogens with one attached hydrogen (secondary N) is 1. The summed E-state index contributed by atoms with van der Waals surface area (Å²) < 4.78 is 6.14. The number of aromatic nitrogens is 1. The van der Waals surface area contributed by atoms with Gasteiger partial charge < -0.3 is 20.4 Å².